The first-order chi connectivity index (χ1) is 16.5. The summed E-state index contributed by atoms with van der Waals surface area (Å²) in [4.78, 5) is 37.5. The molecule has 1 aliphatic rings. The Morgan fingerprint density at radius 1 is 0.647 bits per heavy atom. The fourth-order valence-electron chi connectivity index (χ4n) is 3.43. The van der Waals surface area contributed by atoms with Crippen LogP contribution >= 0.6 is 0 Å². The number of hydrogen-bond donors (Lipinski definition) is 0. The summed E-state index contributed by atoms with van der Waals surface area (Å²) in [6.07, 6.45) is -6.19. The number of carbonyl (C=O) groups excluding carboxylic acids is 3. The number of alkyl halides is 1. The van der Waals surface area contributed by atoms with E-state index < -0.39 is 49.2 Å². The van der Waals surface area contributed by atoms with Gasteiger partial charge in [0.05, 0.1) is 16.7 Å². The molecule has 3 aromatic carbocycles. The Kier molecular flexibility index (Phi) is 7.29. The molecule has 0 N–H and O–H groups in total. The van der Waals surface area contributed by atoms with Crippen molar-refractivity contribution in [2.45, 2.75) is 24.7 Å². The third-order valence-electron chi connectivity index (χ3n) is 5.15. The summed E-state index contributed by atoms with van der Waals surface area (Å²) in [6, 6.07) is 24.3. The van der Waals surface area contributed by atoms with Crippen LogP contribution in [0.5, 0.6) is 0 Å². The maximum Gasteiger partial charge on any atom is 0.338 e. The Morgan fingerprint density at radius 2 is 1.06 bits per heavy atom. The molecule has 0 unspecified atom stereocenters. The van der Waals surface area contributed by atoms with E-state index in [0.29, 0.717) is 5.56 Å². The molecule has 1 aliphatic heterocycles. The maximum atomic E-state index is 14.8. The van der Waals surface area contributed by atoms with Crippen LogP contribution in [0.4, 0.5) is 4.39 Å². The Balaban J connectivity index is 1.51. The molecule has 0 aliphatic carbocycles. The third kappa shape index (κ3) is 5.47. The second-order valence-corrected chi connectivity index (χ2v) is 7.46. The first-order valence-electron chi connectivity index (χ1n) is 10.6. The van der Waals surface area contributed by atoms with Gasteiger partial charge >= 0.3 is 17.9 Å². The fraction of sp³-hybridized carbons (Fsp3) is 0.192. The molecule has 0 saturated carbocycles. The summed E-state index contributed by atoms with van der Waals surface area (Å²) in [7, 11) is 0. The highest BCUT2D eigenvalue weighted by Crippen LogP contribution is 2.30. The van der Waals surface area contributed by atoms with Crippen molar-refractivity contribution >= 4 is 17.9 Å². The van der Waals surface area contributed by atoms with Gasteiger partial charge in [-0.25, -0.2) is 18.8 Å². The average Bonchev–Trinajstić information content (AvgIpc) is 3.17. The van der Waals surface area contributed by atoms with Gasteiger partial charge in [-0.1, -0.05) is 54.6 Å². The van der Waals surface area contributed by atoms with E-state index in [-0.39, 0.29) is 11.1 Å². The Bertz CT molecular complexity index is 1120. The minimum atomic E-state index is -2.10. The van der Waals surface area contributed by atoms with E-state index in [1.165, 1.54) is 24.3 Å². The van der Waals surface area contributed by atoms with Crippen LogP contribution in [-0.2, 0) is 18.9 Å². The molecule has 4 rings (SSSR count). The van der Waals surface area contributed by atoms with Gasteiger partial charge in [-0.3, -0.25) is 0 Å². The Labute approximate surface area is 195 Å². The highest BCUT2D eigenvalue weighted by atomic mass is 19.1. The first-order valence-corrected chi connectivity index (χ1v) is 10.6. The zero-order valence-corrected chi connectivity index (χ0v) is 17.9. The molecule has 7 nitrogen and oxygen atoms in total. The van der Waals surface area contributed by atoms with Crippen LogP contribution in [0.25, 0.3) is 0 Å². The molecule has 4 atom stereocenters. The molecule has 3 aromatic rings. The number of halogens is 1. The van der Waals surface area contributed by atoms with Crippen molar-refractivity contribution in [3.8, 4) is 0 Å². The predicted molar refractivity (Wildman–Crippen MR) is 118 cm³/mol. The predicted octanol–water partition coefficient (Wildman–Crippen LogP) is 3.99. The van der Waals surface area contributed by atoms with E-state index in [2.05, 4.69) is 0 Å². The molecule has 1 fully saturated rings. The molecular formula is C26H21FO7. The molecule has 0 aromatic heterocycles. The van der Waals surface area contributed by atoms with E-state index in [9.17, 15) is 18.8 Å². The van der Waals surface area contributed by atoms with E-state index in [1.54, 1.807) is 66.7 Å². The average molecular weight is 464 g/mol. The van der Waals surface area contributed by atoms with Crippen LogP contribution in [0, 0.1) is 0 Å². The van der Waals surface area contributed by atoms with Gasteiger partial charge in [0.2, 0.25) is 6.36 Å². The van der Waals surface area contributed by atoms with Gasteiger partial charge in [-0.2, -0.15) is 0 Å². The minimum Gasteiger partial charge on any atom is -0.459 e. The van der Waals surface area contributed by atoms with Crippen LogP contribution in [-0.4, -0.2) is 49.2 Å². The van der Waals surface area contributed by atoms with E-state index >= 15 is 0 Å². The largest absolute Gasteiger partial charge is 0.459 e. The number of rotatable bonds is 7. The highest BCUT2D eigenvalue weighted by molar-refractivity contribution is 5.90. The normalized spacial score (nSPS) is 21.4. The smallest absolute Gasteiger partial charge is 0.338 e. The van der Waals surface area contributed by atoms with Crippen molar-refractivity contribution < 1.29 is 37.7 Å². The van der Waals surface area contributed by atoms with Crippen molar-refractivity contribution in [3.63, 3.8) is 0 Å². The number of benzene rings is 3. The van der Waals surface area contributed by atoms with E-state index in [0.717, 1.165) is 0 Å². The lowest BCUT2D eigenvalue weighted by Gasteiger charge is -2.23. The second-order valence-electron chi connectivity index (χ2n) is 7.46. The van der Waals surface area contributed by atoms with Crippen LogP contribution in [0.1, 0.15) is 31.1 Å². The van der Waals surface area contributed by atoms with Crippen LogP contribution in [0.3, 0.4) is 0 Å². The lowest BCUT2D eigenvalue weighted by molar-refractivity contribution is -0.0884. The lowest BCUT2D eigenvalue weighted by Crippen LogP contribution is -2.41. The van der Waals surface area contributed by atoms with Crippen molar-refractivity contribution in [2.24, 2.45) is 0 Å². The summed E-state index contributed by atoms with van der Waals surface area (Å²) in [5.74, 6) is -2.22. The van der Waals surface area contributed by atoms with Gasteiger partial charge < -0.3 is 18.9 Å². The number of esters is 3. The minimum absolute atomic E-state index is 0.196. The van der Waals surface area contributed by atoms with Crippen molar-refractivity contribution in [1.29, 1.82) is 0 Å². The molecule has 0 spiro atoms. The quantitative estimate of drug-likeness (QED) is 0.386. The molecular weight excluding hydrogens is 443 g/mol. The maximum absolute atomic E-state index is 14.8. The zero-order valence-electron chi connectivity index (χ0n) is 17.9. The molecule has 0 amide bonds. The molecule has 1 saturated heterocycles. The summed E-state index contributed by atoms with van der Waals surface area (Å²) in [5, 5.41) is 0. The first kappa shape index (κ1) is 23.1. The van der Waals surface area contributed by atoms with Gasteiger partial charge in [-0.05, 0) is 36.4 Å². The van der Waals surface area contributed by atoms with E-state index in [4.69, 9.17) is 18.9 Å². The lowest BCUT2D eigenvalue weighted by atomic mass is 10.1. The van der Waals surface area contributed by atoms with E-state index in [1.807, 2.05) is 0 Å². The SMILES string of the molecule is O=C(OC[C@H]1O[C@H](F)[C@@H](OC(=O)c2ccccc2)[C@H]1OC(=O)c1ccccc1)c1ccccc1. The molecule has 1 heterocycles. The molecule has 174 valence electrons. The number of hydrogen-bond acceptors (Lipinski definition) is 7. The van der Waals surface area contributed by atoms with Crippen molar-refractivity contribution in [2.75, 3.05) is 6.61 Å². The molecule has 0 bridgehead atoms. The van der Waals surface area contributed by atoms with Crippen molar-refractivity contribution in [3.05, 3.63) is 108 Å². The van der Waals surface area contributed by atoms with Gasteiger partial charge in [0.15, 0.2) is 12.2 Å². The fourth-order valence-corrected chi connectivity index (χ4v) is 3.43. The summed E-state index contributed by atoms with van der Waals surface area (Å²) in [5.41, 5.74) is 0.710. The van der Waals surface area contributed by atoms with Gasteiger partial charge in [0, 0.05) is 0 Å². The van der Waals surface area contributed by atoms with Gasteiger partial charge in [-0.15, -0.1) is 0 Å². The Hall–Kier alpha value is -4.04. The van der Waals surface area contributed by atoms with Crippen LogP contribution in [0.2, 0.25) is 0 Å². The molecule has 34 heavy (non-hydrogen) atoms. The third-order valence-corrected chi connectivity index (χ3v) is 5.15. The topological polar surface area (TPSA) is 88.1 Å². The number of carbonyl (C=O) groups is 3. The Morgan fingerprint density at radius 3 is 1.53 bits per heavy atom. The summed E-state index contributed by atoms with van der Waals surface area (Å²) >= 11 is 0. The highest BCUT2D eigenvalue weighted by Gasteiger charge is 2.51. The zero-order chi connectivity index (χ0) is 23.9. The van der Waals surface area contributed by atoms with Crippen LogP contribution < -0.4 is 0 Å². The second kappa shape index (κ2) is 10.7. The van der Waals surface area contributed by atoms with Gasteiger partial charge in [0.25, 0.3) is 0 Å². The monoisotopic (exact) mass is 464 g/mol. The summed E-state index contributed by atoms with van der Waals surface area (Å²) in [6.45, 7) is -0.416. The molecule has 0 radical (unpaired) electrons. The van der Waals surface area contributed by atoms with Gasteiger partial charge in [0.1, 0.15) is 12.7 Å². The number of ether oxygens (including phenoxy) is 4. The molecule has 8 heteroatoms. The standard InChI is InChI=1S/C26H21FO7/c27-23-22(34-26(30)19-14-8-3-9-15-19)21(33-25(29)18-12-6-2-7-13-18)20(32-23)16-31-24(28)17-10-4-1-5-11-17/h1-15,20-23H,16H2/t20-,21+,22+,23+/m1/s1. The van der Waals surface area contributed by atoms with Crippen molar-refractivity contribution in [1.82, 2.24) is 0 Å². The van der Waals surface area contributed by atoms with Crippen LogP contribution in [0.15, 0.2) is 91.0 Å². The summed E-state index contributed by atoms with van der Waals surface area (Å²) < 4.78 is 36.2.